The first kappa shape index (κ1) is 21.3. The molecule has 1 atom stereocenters. The lowest BCUT2D eigenvalue weighted by molar-refractivity contribution is -0.130. The molecule has 2 rings (SSSR count). The lowest BCUT2D eigenvalue weighted by Gasteiger charge is -2.21. The van der Waals surface area contributed by atoms with Crippen molar-refractivity contribution in [2.24, 2.45) is 0 Å². The summed E-state index contributed by atoms with van der Waals surface area (Å²) in [7, 11) is -1.47. The highest BCUT2D eigenvalue weighted by Gasteiger charge is 2.37. The van der Waals surface area contributed by atoms with Gasteiger partial charge in [-0.15, -0.1) is 20.4 Å². The number of carbonyl (C=O) groups is 2. The third kappa shape index (κ3) is 4.83. The molecule has 0 radical (unpaired) electrons. The fourth-order valence-electron chi connectivity index (χ4n) is 2.09. The topological polar surface area (TPSA) is 164 Å². The van der Waals surface area contributed by atoms with E-state index >= 15 is 0 Å². The summed E-state index contributed by atoms with van der Waals surface area (Å²) < 4.78 is 39.0. The van der Waals surface area contributed by atoms with Gasteiger partial charge in [-0.05, 0) is 25.1 Å². The number of aromatic nitrogens is 4. The van der Waals surface area contributed by atoms with Gasteiger partial charge in [0.05, 0.1) is 16.2 Å². The summed E-state index contributed by atoms with van der Waals surface area (Å²) in [5.74, 6) is -4.29. The minimum atomic E-state index is -4.29. The Morgan fingerprint density at radius 3 is 2.39 bits per heavy atom. The zero-order valence-corrected chi connectivity index (χ0v) is 15.9. The summed E-state index contributed by atoms with van der Waals surface area (Å²) in [6.45, 7) is 0.962. The van der Waals surface area contributed by atoms with E-state index in [1.54, 1.807) is 0 Å². The van der Waals surface area contributed by atoms with Crippen molar-refractivity contribution >= 4 is 41.2 Å². The minimum absolute atomic E-state index is 0.245. The molecule has 0 bridgehead atoms. The number of benzene rings is 1. The average molecular weight is 410 g/mol. The summed E-state index contributed by atoms with van der Waals surface area (Å²) in [6.07, 6.45) is 0. The lowest BCUT2D eigenvalue weighted by Crippen LogP contribution is -2.46. The van der Waals surface area contributed by atoms with E-state index in [9.17, 15) is 27.5 Å². The summed E-state index contributed by atoms with van der Waals surface area (Å²) in [6, 6.07) is 2.64. The Labute approximate surface area is 160 Å². The van der Waals surface area contributed by atoms with Crippen LogP contribution in [0, 0.1) is 5.82 Å². The molecule has 0 aliphatic rings. The highest BCUT2D eigenvalue weighted by Crippen LogP contribution is 2.20. The van der Waals surface area contributed by atoms with Gasteiger partial charge in [0.1, 0.15) is 11.5 Å². The van der Waals surface area contributed by atoms with Crippen LogP contribution < -0.4 is 16.4 Å². The van der Waals surface area contributed by atoms with Gasteiger partial charge >= 0.3 is 0 Å². The average Bonchev–Trinajstić information content (AvgIpc) is 2.62. The quantitative estimate of drug-likeness (QED) is 0.426. The van der Waals surface area contributed by atoms with Gasteiger partial charge in [-0.1, -0.05) is 0 Å². The van der Waals surface area contributed by atoms with Crippen molar-refractivity contribution in [1.29, 1.82) is 0 Å². The van der Waals surface area contributed by atoms with Crippen molar-refractivity contribution in [2.75, 3.05) is 18.1 Å². The number of nitrogens with one attached hydrogen (secondary N) is 2. The number of nitrogens with zero attached hydrogens (tertiary/aromatic N) is 4. The Bertz CT molecular complexity index is 1020. The molecule has 1 heterocycles. The summed E-state index contributed by atoms with van der Waals surface area (Å²) >= 11 is 0. The third-order valence-electron chi connectivity index (χ3n) is 3.54. The molecule has 0 unspecified atom stereocenters. The second-order valence-corrected chi connectivity index (χ2v) is 7.97. The van der Waals surface area contributed by atoms with Gasteiger partial charge in [0, 0.05) is 7.05 Å². The van der Waals surface area contributed by atoms with Crippen LogP contribution in [0.4, 0.5) is 10.3 Å². The zero-order chi connectivity index (χ0) is 21.1. The van der Waals surface area contributed by atoms with Crippen LogP contribution in [-0.2, 0) is 14.6 Å². The maximum atomic E-state index is 14.0. The summed E-state index contributed by atoms with van der Waals surface area (Å²) in [4.78, 5) is 23.2. The SMILES string of the molecule is Bc1nnc(NC(=O)[C@@](C)(O)CS(=O)(=O)c2ccc(C(=O)NC)c(F)c2)nn1. The van der Waals surface area contributed by atoms with Gasteiger partial charge < -0.3 is 10.4 Å². The van der Waals surface area contributed by atoms with E-state index in [1.165, 1.54) is 14.9 Å². The Morgan fingerprint density at radius 2 is 1.86 bits per heavy atom. The van der Waals surface area contributed by atoms with Gasteiger partial charge in [0.25, 0.3) is 17.8 Å². The molecule has 148 valence electrons. The summed E-state index contributed by atoms with van der Waals surface area (Å²) in [5.41, 5.74) is -2.50. The predicted octanol–water partition coefficient (Wildman–Crippen LogP) is -2.81. The minimum Gasteiger partial charge on any atom is -0.379 e. The largest absolute Gasteiger partial charge is 0.379 e. The molecule has 1 aromatic carbocycles. The van der Waals surface area contributed by atoms with Gasteiger partial charge in [-0.25, -0.2) is 12.8 Å². The molecule has 0 fully saturated rings. The molecular weight excluding hydrogens is 394 g/mol. The van der Waals surface area contributed by atoms with Crippen molar-refractivity contribution < 1.29 is 27.5 Å². The lowest BCUT2D eigenvalue weighted by atomic mass is 10.1. The number of anilines is 1. The Hall–Kier alpha value is -3.00. The number of aliphatic hydroxyl groups is 1. The predicted molar refractivity (Wildman–Crippen MR) is 96.9 cm³/mol. The van der Waals surface area contributed by atoms with E-state index < -0.39 is 43.7 Å². The van der Waals surface area contributed by atoms with Crippen molar-refractivity contribution in [3.63, 3.8) is 0 Å². The monoisotopic (exact) mass is 410 g/mol. The van der Waals surface area contributed by atoms with Gasteiger partial charge in [-0.2, -0.15) is 0 Å². The third-order valence-corrected chi connectivity index (χ3v) is 5.45. The van der Waals surface area contributed by atoms with E-state index in [0.29, 0.717) is 6.07 Å². The molecule has 1 aromatic heterocycles. The molecule has 11 nitrogen and oxygen atoms in total. The first-order chi connectivity index (χ1) is 13.0. The van der Waals surface area contributed by atoms with Crippen LogP contribution in [0.3, 0.4) is 0 Å². The number of amides is 2. The second kappa shape index (κ2) is 7.94. The number of hydrogen-bond acceptors (Lipinski definition) is 9. The van der Waals surface area contributed by atoms with Crippen LogP contribution >= 0.6 is 0 Å². The number of sulfone groups is 1. The van der Waals surface area contributed by atoms with Gasteiger partial charge in [-0.3, -0.25) is 14.9 Å². The molecule has 0 aliphatic heterocycles. The number of rotatable bonds is 6. The van der Waals surface area contributed by atoms with Crippen LogP contribution in [0.1, 0.15) is 17.3 Å². The highest BCUT2D eigenvalue weighted by molar-refractivity contribution is 7.91. The fourth-order valence-corrected chi connectivity index (χ4v) is 3.69. The molecule has 3 N–H and O–H groups in total. The first-order valence-electron chi connectivity index (χ1n) is 7.78. The van der Waals surface area contributed by atoms with E-state index in [4.69, 9.17) is 0 Å². The number of carbonyl (C=O) groups excluding carboxylic acids is 2. The fraction of sp³-hybridized carbons (Fsp3) is 0.286. The molecular formula is C14H16BFN6O5S. The first-order valence-corrected chi connectivity index (χ1v) is 9.44. The zero-order valence-electron chi connectivity index (χ0n) is 15.1. The van der Waals surface area contributed by atoms with Crippen LogP contribution in [0.5, 0.6) is 0 Å². The molecule has 28 heavy (non-hydrogen) atoms. The molecule has 2 aromatic rings. The van der Waals surface area contributed by atoms with E-state index in [2.05, 4.69) is 31.0 Å². The van der Waals surface area contributed by atoms with Crippen molar-refractivity contribution in [3.05, 3.63) is 29.6 Å². The smallest absolute Gasteiger partial charge is 0.268 e. The second-order valence-electron chi connectivity index (χ2n) is 5.98. The molecule has 0 aliphatic carbocycles. The standard InChI is InChI=1S/C14H16BFN6O5S/c1-14(25,11(24)18-13-21-19-12(15)20-22-13)6-28(26,27)7-3-4-8(9(16)5-7)10(23)17-2/h3-5,25H,6,15H2,1-2H3,(H,17,23)(H,18,21,22,24)/t14-/m0/s1. The highest BCUT2D eigenvalue weighted by atomic mass is 32.2. The maximum absolute atomic E-state index is 14.0. The molecule has 0 saturated carbocycles. The number of hydrogen-bond donors (Lipinski definition) is 3. The van der Waals surface area contributed by atoms with Gasteiger partial charge in [0.2, 0.25) is 0 Å². The van der Waals surface area contributed by atoms with E-state index in [-0.39, 0.29) is 17.2 Å². The molecule has 0 spiro atoms. The summed E-state index contributed by atoms with van der Waals surface area (Å²) in [5, 5.41) is 28.8. The maximum Gasteiger partial charge on any atom is 0.268 e. The van der Waals surface area contributed by atoms with Crippen LogP contribution in [0.25, 0.3) is 0 Å². The van der Waals surface area contributed by atoms with E-state index in [0.717, 1.165) is 19.1 Å². The van der Waals surface area contributed by atoms with Crippen LogP contribution in [0.15, 0.2) is 23.1 Å². The van der Waals surface area contributed by atoms with Crippen LogP contribution in [0.2, 0.25) is 0 Å². The molecule has 14 heteroatoms. The van der Waals surface area contributed by atoms with Crippen molar-refractivity contribution in [1.82, 2.24) is 25.7 Å². The number of halogens is 1. The normalized spacial score (nSPS) is 13.4. The van der Waals surface area contributed by atoms with Crippen LogP contribution in [-0.4, -0.2) is 72.0 Å². The Morgan fingerprint density at radius 1 is 1.25 bits per heavy atom. The van der Waals surface area contributed by atoms with Crippen molar-refractivity contribution in [3.8, 4) is 0 Å². The van der Waals surface area contributed by atoms with E-state index in [1.807, 2.05) is 0 Å². The van der Waals surface area contributed by atoms with Crippen molar-refractivity contribution in [2.45, 2.75) is 17.4 Å². The Kier molecular flexibility index (Phi) is 6.04. The molecule has 0 saturated heterocycles. The molecule has 2 amide bonds. The Balaban J connectivity index is 2.21. The van der Waals surface area contributed by atoms with Gasteiger partial charge in [0.15, 0.2) is 23.3 Å².